The minimum atomic E-state index is 0. The summed E-state index contributed by atoms with van der Waals surface area (Å²) in [5.41, 5.74) is 2.57. The maximum absolute atomic E-state index is 4.65. The van der Waals surface area contributed by atoms with E-state index in [1.807, 2.05) is 0 Å². The van der Waals surface area contributed by atoms with E-state index in [0.717, 1.165) is 25.5 Å². The molecule has 1 unspecified atom stereocenters. The highest BCUT2D eigenvalue weighted by Crippen LogP contribution is 2.07. The SMILES string of the molecule is CCNC(=NCc1ccc(CN(C)C)cc1)NC(C)CC.I. The van der Waals surface area contributed by atoms with Crippen LogP contribution in [0.4, 0.5) is 0 Å². The lowest BCUT2D eigenvalue weighted by atomic mass is 10.1. The molecule has 126 valence electrons. The largest absolute Gasteiger partial charge is 0.357 e. The molecule has 0 aliphatic heterocycles. The summed E-state index contributed by atoms with van der Waals surface area (Å²) >= 11 is 0. The first-order valence-corrected chi connectivity index (χ1v) is 7.82. The molecule has 0 bridgehead atoms. The molecule has 22 heavy (non-hydrogen) atoms. The zero-order valence-electron chi connectivity index (χ0n) is 14.5. The van der Waals surface area contributed by atoms with Crippen LogP contribution in [0.2, 0.25) is 0 Å². The first kappa shape index (κ1) is 21.2. The fourth-order valence-corrected chi connectivity index (χ4v) is 1.94. The highest BCUT2D eigenvalue weighted by atomic mass is 127. The number of hydrogen-bond acceptors (Lipinski definition) is 2. The van der Waals surface area contributed by atoms with E-state index in [4.69, 9.17) is 0 Å². The molecule has 0 fully saturated rings. The van der Waals surface area contributed by atoms with Crippen molar-refractivity contribution in [3.63, 3.8) is 0 Å². The highest BCUT2D eigenvalue weighted by molar-refractivity contribution is 14.0. The van der Waals surface area contributed by atoms with Crippen molar-refractivity contribution >= 4 is 29.9 Å². The number of guanidine groups is 1. The van der Waals surface area contributed by atoms with Gasteiger partial charge in [-0.2, -0.15) is 0 Å². The number of aliphatic imine (C=N–C) groups is 1. The van der Waals surface area contributed by atoms with Crippen LogP contribution in [0.5, 0.6) is 0 Å². The monoisotopic (exact) mass is 418 g/mol. The molecule has 4 nitrogen and oxygen atoms in total. The van der Waals surface area contributed by atoms with E-state index in [1.165, 1.54) is 11.1 Å². The van der Waals surface area contributed by atoms with Crippen LogP contribution in [0.15, 0.2) is 29.3 Å². The van der Waals surface area contributed by atoms with Crippen LogP contribution in [0.3, 0.4) is 0 Å². The van der Waals surface area contributed by atoms with E-state index in [-0.39, 0.29) is 24.0 Å². The maximum Gasteiger partial charge on any atom is 0.191 e. The molecule has 5 heteroatoms. The van der Waals surface area contributed by atoms with E-state index in [2.05, 4.69) is 79.7 Å². The second-order valence-corrected chi connectivity index (χ2v) is 5.70. The maximum atomic E-state index is 4.65. The first-order chi connectivity index (χ1) is 10.0. The highest BCUT2D eigenvalue weighted by Gasteiger charge is 2.02. The summed E-state index contributed by atoms with van der Waals surface area (Å²) < 4.78 is 0. The molecule has 0 spiro atoms. The molecule has 0 radical (unpaired) electrons. The second-order valence-electron chi connectivity index (χ2n) is 5.70. The van der Waals surface area contributed by atoms with Gasteiger partial charge in [-0.3, -0.25) is 0 Å². The number of nitrogens with one attached hydrogen (secondary N) is 2. The van der Waals surface area contributed by atoms with Gasteiger partial charge in [-0.15, -0.1) is 24.0 Å². The Hall–Kier alpha value is -0.820. The van der Waals surface area contributed by atoms with Gasteiger partial charge in [-0.05, 0) is 45.5 Å². The molecular weight excluding hydrogens is 387 g/mol. The van der Waals surface area contributed by atoms with E-state index in [0.29, 0.717) is 12.6 Å². The van der Waals surface area contributed by atoms with E-state index < -0.39 is 0 Å². The minimum Gasteiger partial charge on any atom is -0.357 e. The van der Waals surface area contributed by atoms with Gasteiger partial charge in [0.25, 0.3) is 0 Å². The van der Waals surface area contributed by atoms with Crippen LogP contribution >= 0.6 is 24.0 Å². The number of hydrogen-bond donors (Lipinski definition) is 2. The van der Waals surface area contributed by atoms with E-state index >= 15 is 0 Å². The van der Waals surface area contributed by atoms with Crippen LogP contribution < -0.4 is 10.6 Å². The van der Waals surface area contributed by atoms with Gasteiger partial charge in [0, 0.05) is 19.1 Å². The Morgan fingerprint density at radius 2 is 1.73 bits per heavy atom. The zero-order valence-corrected chi connectivity index (χ0v) is 16.8. The molecule has 1 atom stereocenters. The third-order valence-electron chi connectivity index (χ3n) is 3.28. The molecule has 1 aromatic rings. The van der Waals surface area contributed by atoms with Crippen LogP contribution in [0.25, 0.3) is 0 Å². The number of benzene rings is 1. The van der Waals surface area contributed by atoms with Gasteiger partial charge in [0.05, 0.1) is 6.54 Å². The zero-order chi connectivity index (χ0) is 15.7. The van der Waals surface area contributed by atoms with Crippen molar-refractivity contribution in [1.82, 2.24) is 15.5 Å². The Labute approximate surface area is 152 Å². The Morgan fingerprint density at radius 1 is 1.14 bits per heavy atom. The average Bonchev–Trinajstić information content (AvgIpc) is 2.45. The topological polar surface area (TPSA) is 39.7 Å². The van der Waals surface area contributed by atoms with Crippen molar-refractivity contribution in [2.24, 2.45) is 4.99 Å². The first-order valence-electron chi connectivity index (χ1n) is 7.82. The lowest BCUT2D eigenvalue weighted by Crippen LogP contribution is -2.41. The number of halogens is 1. The molecule has 0 amide bonds. The summed E-state index contributed by atoms with van der Waals surface area (Å²) in [5.74, 6) is 0.893. The molecule has 0 saturated heterocycles. The molecule has 0 aliphatic carbocycles. The number of rotatable bonds is 7. The second kappa shape index (κ2) is 11.7. The van der Waals surface area contributed by atoms with Crippen LogP contribution in [0, 0.1) is 0 Å². The Balaban J connectivity index is 0.00000441. The third-order valence-corrected chi connectivity index (χ3v) is 3.28. The fourth-order valence-electron chi connectivity index (χ4n) is 1.94. The van der Waals surface area contributed by atoms with Gasteiger partial charge in [-0.25, -0.2) is 4.99 Å². The van der Waals surface area contributed by atoms with Crippen LogP contribution in [-0.4, -0.2) is 37.5 Å². The smallest absolute Gasteiger partial charge is 0.191 e. The van der Waals surface area contributed by atoms with Crippen LogP contribution in [0.1, 0.15) is 38.3 Å². The van der Waals surface area contributed by atoms with Gasteiger partial charge in [0.15, 0.2) is 5.96 Å². The summed E-state index contributed by atoms with van der Waals surface area (Å²) in [6, 6.07) is 9.12. The van der Waals surface area contributed by atoms with E-state index in [9.17, 15) is 0 Å². The van der Waals surface area contributed by atoms with Crippen molar-refractivity contribution in [3.05, 3.63) is 35.4 Å². The summed E-state index contributed by atoms with van der Waals surface area (Å²) in [5, 5.41) is 6.70. The van der Waals surface area contributed by atoms with Crippen molar-refractivity contribution in [2.45, 2.75) is 46.3 Å². The molecule has 0 heterocycles. The standard InChI is InChI=1S/C17H30N4.HI/c1-6-14(3)20-17(18-7-2)19-12-15-8-10-16(11-9-15)13-21(4)5;/h8-11,14H,6-7,12-13H2,1-5H3,(H2,18,19,20);1H. The molecule has 0 aromatic heterocycles. The average molecular weight is 418 g/mol. The molecular formula is C17H31IN4. The van der Waals surface area contributed by atoms with Gasteiger partial charge < -0.3 is 15.5 Å². The molecule has 0 saturated carbocycles. The summed E-state index contributed by atoms with van der Waals surface area (Å²) in [4.78, 5) is 6.82. The quantitative estimate of drug-likeness (QED) is 0.406. The van der Waals surface area contributed by atoms with E-state index in [1.54, 1.807) is 0 Å². The van der Waals surface area contributed by atoms with Crippen LogP contribution in [-0.2, 0) is 13.1 Å². The molecule has 1 rings (SSSR count). The molecule has 0 aliphatic rings. The minimum absolute atomic E-state index is 0. The Bertz CT molecular complexity index is 429. The number of nitrogens with zero attached hydrogens (tertiary/aromatic N) is 2. The lowest BCUT2D eigenvalue weighted by molar-refractivity contribution is 0.402. The van der Waals surface area contributed by atoms with Crippen molar-refractivity contribution in [1.29, 1.82) is 0 Å². The summed E-state index contributed by atoms with van der Waals surface area (Å²) in [6.07, 6.45) is 1.09. The normalized spacial score (nSPS) is 12.7. The van der Waals surface area contributed by atoms with Gasteiger partial charge in [-0.1, -0.05) is 31.2 Å². The van der Waals surface area contributed by atoms with Crippen molar-refractivity contribution < 1.29 is 0 Å². The van der Waals surface area contributed by atoms with Gasteiger partial charge in [0.1, 0.15) is 0 Å². The predicted molar refractivity (Wildman–Crippen MR) is 107 cm³/mol. The predicted octanol–water partition coefficient (Wildman–Crippen LogP) is 3.22. The van der Waals surface area contributed by atoms with Crippen molar-refractivity contribution in [3.8, 4) is 0 Å². The Morgan fingerprint density at radius 3 is 2.23 bits per heavy atom. The lowest BCUT2D eigenvalue weighted by Gasteiger charge is -2.16. The van der Waals surface area contributed by atoms with Gasteiger partial charge >= 0.3 is 0 Å². The third kappa shape index (κ3) is 8.58. The van der Waals surface area contributed by atoms with Gasteiger partial charge in [0.2, 0.25) is 0 Å². The molecule has 2 N–H and O–H groups in total. The molecule has 1 aromatic carbocycles. The fraction of sp³-hybridized carbons (Fsp3) is 0.588. The Kier molecular flexibility index (Phi) is 11.3. The summed E-state index contributed by atoms with van der Waals surface area (Å²) in [7, 11) is 4.17. The van der Waals surface area contributed by atoms with Crippen molar-refractivity contribution in [2.75, 3.05) is 20.6 Å². The summed E-state index contributed by atoms with van der Waals surface area (Å²) in [6.45, 7) is 8.98.